The monoisotopic (exact) mass is 267 g/mol. The van der Waals surface area contributed by atoms with Gasteiger partial charge in [0, 0.05) is 19.8 Å². The summed E-state index contributed by atoms with van der Waals surface area (Å²) in [6.07, 6.45) is 2.19. The summed E-state index contributed by atoms with van der Waals surface area (Å²) in [5.41, 5.74) is 0. The molecule has 1 aromatic heterocycles. The van der Waals surface area contributed by atoms with Crippen molar-refractivity contribution in [1.82, 2.24) is 4.90 Å². The zero-order valence-electron chi connectivity index (χ0n) is 11.5. The number of nitrogens with zero attached hydrogens (tertiary/aromatic N) is 1. The molecule has 1 N–H and O–H groups in total. The van der Waals surface area contributed by atoms with Crippen molar-refractivity contribution in [2.24, 2.45) is 5.92 Å². The van der Waals surface area contributed by atoms with Crippen LogP contribution in [0.15, 0.2) is 16.5 Å². The van der Waals surface area contributed by atoms with Gasteiger partial charge in [-0.1, -0.05) is 0 Å². The first-order chi connectivity index (χ1) is 9.08. The van der Waals surface area contributed by atoms with E-state index in [1.807, 2.05) is 14.0 Å². The van der Waals surface area contributed by atoms with E-state index in [0.717, 1.165) is 32.6 Å². The van der Waals surface area contributed by atoms with Crippen LogP contribution in [0.2, 0.25) is 0 Å². The molecule has 1 aromatic rings. The predicted octanol–water partition coefficient (Wildman–Crippen LogP) is 2.40. The average Bonchev–Trinajstić information content (AvgIpc) is 2.88. The maximum Gasteiger partial charge on any atom is 0.371 e. The van der Waals surface area contributed by atoms with E-state index in [9.17, 15) is 4.79 Å². The van der Waals surface area contributed by atoms with Gasteiger partial charge in [0.2, 0.25) is 5.76 Å². The molecule has 0 aromatic carbocycles. The third-order valence-electron chi connectivity index (χ3n) is 3.80. The number of carbonyl (C=O) groups is 1. The van der Waals surface area contributed by atoms with Crippen LogP contribution in [-0.4, -0.2) is 42.8 Å². The molecular weight excluding hydrogens is 246 g/mol. The van der Waals surface area contributed by atoms with Crippen molar-refractivity contribution in [1.29, 1.82) is 0 Å². The Morgan fingerprint density at radius 2 is 2.16 bits per heavy atom. The summed E-state index contributed by atoms with van der Waals surface area (Å²) in [7, 11) is 2.04. The maximum absolute atomic E-state index is 10.8. The van der Waals surface area contributed by atoms with Gasteiger partial charge in [-0.2, -0.15) is 0 Å². The molecule has 0 spiro atoms. The number of rotatable bonds is 5. The Morgan fingerprint density at radius 1 is 1.47 bits per heavy atom. The Kier molecular flexibility index (Phi) is 4.61. The summed E-state index contributed by atoms with van der Waals surface area (Å²) in [5.74, 6) is 0.328. The maximum atomic E-state index is 10.8. The third-order valence-corrected chi connectivity index (χ3v) is 3.80. The zero-order chi connectivity index (χ0) is 13.8. The molecule has 1 unspecified atom stereocenters. The Bertz CT molecular complexity index is 423. The van der Waals surface area contributed by atoms with Gasteiger partial charge in [-0.3, -0.25) is 4.90 Å². The molecule has 2 heterocycles. The van der Waals surface area contributed by atoms with Crippen LogP contribution in [0.1, 0.15) is 42.1 Å². The zero-order valence-corrected chi connectivity index (χ0v) is 11.5. The lowest BCUT2D eigenvalue weighted by atomic mass is 9.99. The van der Waals surface area contributed by atoms with Gasteiger partial charge in [0.05, 0.1) is 6.04 Å². The SMILES string of the molecule is CC(c1ccc(C(=O)O)o1)N(C)CC1CCOCC1. The minimum Gasteiger partial charge on any atom is -0.475 e. The lowest BCUT2D eigenvalue weighted by Gasteiger charge is -2.30. The van der Waals surface area contributed by atoms with Crippen LogP contribution in [0.25, 0.3) is 0 Å². The van der Waals surface area contributed by atoms with Crippen LogP contribution in [0, 0.1) is 5.92 Å². The molecule has 1 saturated heterocycles. The summed E-state index contributed by atoms with van der Waals surface area (Å²) < 4.78 is 10.7. The molecule has 106 valence electrons. The highest BCUT2D eigenvalue weighted by molar-refractivity contribution is 5.84. The Balaban J connectivity index is 1.93. The first kappa shape index (κ1) is 14.1. The third kappa shape index (κ3) is 3.58. The van der Waals surface area contributed by atoms with Crippen molar-refractivity contribution in [2.75, 3.05) is 26.8 Å². The van der Waals surface area contributed by atoms with E-state index in [4.69, 9.17) is 14.3 Å². The molecule has 1 aliphatic heterocycles. The fraction of sp³-hybridized carbons (Fsp3) is 0.643. The molecule has 1 aliphatic rings. The quantitative estimate of drug-likeness (QED) is 0.887. The summed E-state index contributed by atoms with van der Waals surface area (Å²) in [6, 6.07) is 3.33. The van der Waals surface area contributed by atoms with Crippen LogP contribution in [0.4, 0.5) is 0 Å². The first-order valence-corrected chi connectivity index (χ1v) is 6.69. The number of carboxylic acid groups (broad SMARTS) is 1. The van der Waals surface area contributed by atoms with Crippen molar-refractivity contribution in [3.63, 3.8) is 0 Å². The first-order valence-electron chi connectivity index (χ1n) is 6.69. The van der Waals surface area contributed by atoms with Crippen LogP contribution < -0.4 is 0 Å². The van der Waals surface area contributed by atoms with Gasteiger partial charge in [-0.25, -0.2) is 4.79 Å². The second-order valence-corrected chi connectivity index (χ2v) is 5.18. The van der Waals surface area contributed by atoms with Crippen molar-refractivity contribution >= 4 is 5.97 Å². The molecule has 1 atom stereocenters. The minimum atomic E-state index is -1.02. The molecule has 1 fully saturated rings. The number of hydrogen-bond donors (Lipinski definition) is 1. The number of carboxylic acids is 1. The van der Waals surface area contributed by atoms with Gasteiger partial charge in [-0.05, 0) is 44.9 Å². The van der Waals surface area contributed by atoms with E-state index in [1.54, 1.807) is 6.07 Å². The van der Waals surface area contributed by atoms with E-state index in [0.29, 0.717) is 11.7 Å². The average molecular weight is 267 g/mol. The summed E-state index contributed by atoms with van der Waals surface area (Å²) in [5, 5.41) is 8.86. The van der Waals surface area contributed by atoms with E-state index in [1.165, 1.54) is 6.07 Å². The van der Waals surface area contributed by atoms with Gasteiger partial charge < -0.3 is 14.3 Å². The highest BCUT2D eigenvalue weighted by Gasteiger charge is 2.22. The van der Waals surface area contributed by atoms with E-state index >= 15 is 0 Å². The number of furan rings is 1. The minimum absolute atomic E-state index is 0.00122. The van der Waals surface area contributed by atoms with Gasteiger partial charge in [0.1, 0.15) is 5.76 Å². The topological polar surface area (TPSA) is 62.9 Å². The fourth-order valence-corrected chi connectivity index (χ4v) is 2.40. The number of hydrogen-bond acceptors (Lipinski definition) is 4. The number of ether oxygens (including phenoxy) is 1. The van der Waals surface area contributed by atoms with Gasteiger partial charge in [0.15, 0.2) is 0 Å². The van der Waals surface area contributed by atoms with E-state index in [-0.39, 0.29) is 11.8 Å². The Hall–Kier alpha value is -1.33. The molecular formula is C14H21NO4. The van der Waals surface area contributed by atoms with E-state index in [2.05, 4.69) is 4.90 Å². The lowest BCUT2D eigenvalue weighted by molar-refractivity contribution is 0.0494. The molecule has 0 bridgehead atoms. The van der Waals surface area contributed by atoms with Gasteiger partial charge >= 0.3 is 5.97 Å². The van der Waals surface area contributed by atoms with Crippen LogP contribution in [0.3, 0.4) is 0 Å². The molecule has 0 radical (unpaired) electrons. The van der Waals surface area contributed by atoms with Crippen molar-refractivity contribution in [3.05, 3.63) is 23.7 Å². The molecule has 2 rings (SSSR count). The van der Waals surface area contributed by atoms with Crippen LogP contribution in [0.5, 0.6) is 0 Å². The Labute approximate surface area is 113 Å². The second-order valence-electron chi connectivity index (χ2n) is 5.18. The van der Waals surface area contributed by atoms with Crippen LogP contribution in [-0.2, 0) is 4.74 Å². The Morgan fingerprint density at radius 3 is 2.74 bits per heavy atom. The normalized spacial score (nSPS) is 18.7. The molecule has 0 aliphatic carbocycles. The highest BCUT2D eigenvalue weighted by Crippen LogP contribution is 2.24. The standard InChI is InChI=1S/C14H21NO4/c1-10(12-3-4-13(19-12)14(16)17)15(2)9-11-5-7-18-8-6-11/h3-4,10-11H,5-9H2,1-2H3,(H,16,17). The largest absolute Gasteiger partial charge is 0.475 e. The lowest BCUT2D eigenvalue weighted by Crippen LogP contribution is -2.31. The van der Waals surface area contributed by atoms with Gasteiger partial charge in [-0.15, -0.1) is 0 Å². The van der Waals surface area contributed by atoms with Crippen LogP contribution >= 0.6 is 0 Å². The molecule has 0 saturated carbocycles. The predicted molar refractivity (Wildman–Crippen MR) is 70.3 cm³/mol. The second kappa shape index (κ2) is 6.21. The van der Waals surface area contributed by atoms with Gasteiger partial charge in [0.25, 0.3) is 0 Å². The van der Waals surface area contributed by atoms with Crippen molar-refractivity contribution in [2.45, 2.75) is 25.8 Å². The highest BCUT2D eigenvalue weighted by atomic mass is 16.5. The smallest absolute Gasteiger partial charge is 0.371 e. The van der Waals surface area contributed by atoms with E-state index < -0.39 is 5.97 Å². The number of aromatic carboxylic acids is 1. The molecule has 19 heavy (non-hydrogen) atoms. The van der Waals surface area contributed by atoms with Crippen molar-refractivity contribution < 1.29 is 19.1 Å². The molecule has 5 heteroatoms. The fourth-order valence-electron chi connectivity index (χ4n) is 2.40. The van der Waals surface area contributed by atoms with Crippen molar-refractivity contribution in [3.8, 4) is 0 Å². The summed E-state index contributed by atoms with van der Waals surface area (Å²) >= 11 is 0. The molecule has 0 amide bonds. The summed E-state index contributed by atoms with van der Waals surface area (Å²) in [4.78, 5) is 13.0. The molecule has 5 nitrogen and oxygen atoms in total. The summed E-state index contributed by atoms with van der Waals surface area (Å²) in [6.45, 7) is 4.70.